The van der Waals surface area contributed by atoms with Gasteiger partial charge in [0.1, 0.15) is 0 Å². The lowest BCUT2D eigenvalue weighted by Crippen LogP contribution is -1.99. The lowest BCUT2D eigenvalue weighted by molar-refractivity contribution is 0.103. The SMILES string of the molecule is Cc1cc(C(=O)c2cscc2C)cs1. The van der Waals surface area contributed by atoms with Crippen LogP contribution in [0.2, 0.25) is 0 Å². The molecule has 0 aromatic carbocycles. The Balaban J connectivity index is 2.38. The molecule has 3 heteroatoms. The second kappa shape index (κ2) is 3.67. The average Bonchev–Trinajstić information content (AvgIpc) is 2.73. The van der Waals surface area contributed by atoms with Crippen LogP contribution in [0.4, 0.5) is 0 Å². The molecular formula is C11H10OS2. The number of aryl methyl sites for hydroxylation is 2. The largest absolute Gasteiger partial charge is 0.289 e. The van der Waals surface area contributed by atoms with Gasteiger partial charge in [0.05, 0.1) is 0 Å². The van der Waals surface area contributed by atoms with Crippen molar-refractivity contribution in [3.63, 3.8) is 0 Å². The number of hydrogen-bond donors (Lipinski definition) is 0. The van der Waals surface area contributed by atoms with Crippen LogP contribution >= 0.6 is 22.7 Å². The van der Waals surface area contributed by atoms with Crippen molar-refractivity contribution in [2.75, 3.05) is 0 Å². The van der Waals surface area contributed by atoms with Crippen molar-refractivity contribution < 1.29 is 4.79 Å². The van der Waals surface area contributed by atoms with Crippen molar-refractivity contribution in [3.05, 3.63) is 43.8 Å². The first-order valence-corrected chi connectivity index (χ1v) is 6.13. The van der Waals surface area contributed by atoms with Crippen LogP contribution in [0.15, 0.2) is 22.2 Å². The minimum Gasteiger partial charge on any atom is -0.289 e. The first kappa shape index (κ1) is 9.62. The zero-order valence-electron chi connectivity index (χ0n) is 8.03. The lowest BCUT2D eigenvalue weighted by atomic mass is 10.1. The summed E-state index contributed by atoms with van der Waals surface area (Å²) in [5.74, 6) is 0.146. The Morgan fingerprint density at radius 1 is 1.21 bits per heavy atom. The van der Waals surface area contributed by atoms with Gasteiger partial charge >= 0.3 is 0 Å². The first-order valence-electron chi connectivity index (χ1n) is 4.31. The molecule has 0 amide bonds. The molecule has 2 heterocycles. The van der Waals surface area contributed by atoms with Crippen molar-refractivity contribution in [2.24, 2.45) is 0 Å². The van der Waals surface area contributed by atoms with Crippen LogP contribution in [0.3, 0.4) is 0 Å². The van der Waals surface area contributed by atoms with Gasteiger partial charge in [-0.05, 0) is 30.9 Å². The minimum absolute atomic E-state index is 0.146. The van der Waals surface area contributed by atoms with Gasteiger partial charge < -0.3 is 0 Å². The van der Waals surface area contributed by atoms with Gasteiger partial charge in [0.15, 0.2) is 5.78 Å². The van der Waals surface area contributed by atoms with E-state index in [2.05, 4.69) is 0 Å². The summed E-state index contributed by atoms with van der Waals surface area (Å²) in [6.45, 7) is 3.99. The Labute approximate surface area is 91.0 Å². The van der Waals surface area contributed by atoms with Crippen molar-refractivity contribution in [2.45, 2.75) is 13.8 Å². The van der Waals surface area contributed by atoms with E-state index in [1.54, 1.807) is 22.7 Å². The van der Waals surface area contributed by atoms with Crippen LogP contribution in [-0.4, -0.2) is 5.78 Å². The molecule has 2 aromatic heterocycles. The summed E-state index contributed by atoms with van der Waals surface area (Å²) in [5.41, 5.74) is 2.73. The topological polar surface area (TPSA) is 17.1 Å². The second-order valence-electron chi connectivity index (χ2n) is 3.24. The zero-order valence-corrected chi connectivity index (χ0v) is 9.67. The molecule has 0 aliphatic rings. The van der Waals surface area contributed by atoms with Gasteiger partial charge in [-0.25, -0.2) is 0 Å². The molecule has 0 aliphatic heterocycles. The Morgan fingerprint density at radius 2 is 2.00 bits per heavy atom. The Kier molecular flexibility index (Phi) is 2.52. The van der Waals surface area contributed by atoms with Crippen molar-refractivity contribution in [1.82, 2.24) is 0 Å². The van der Waals surface area contributed by atoms with E-state index in [1.165, 1.54) is 4.88 Å². The predicted molar refractivity (Wildman–Crippen MR) is 61.5 cm³/mol. The van der Waals surface area contributed by atoms with Crippen LogP contribution in [-0.2, 0) is 0 Å². The summed E-state index contributed by atoms with van der Waals surface area (Å²) in [5, 5.41) is 5.85. The first-order chi connectivity index (χ1) is 6.68. The monoisotopic (exact) mass is 222 g/mol. The molecule has 0 saturated carbocycles. The fourth-order valence-corrected chi connectivity index (χ4v) is 2.82. The van der Waals surface area contributed by atoms with Crippen LogP contribution < -0.4 is 0 Å². The van der Waals surface area contributed by atoms with Crippen LogP contribution in [0.5, 0.6) is 0 Å². The van der Waals surface area contributed by atoms with Gasteiger partial charge in [0.2, 0.25) is 0 Å². The van der Waals surface area contributed by atoms with Gasteiger partial charge in [-0.15, -0.1) is 11.3 Å². The maximum Gasteiger partial charge on any atom is 0.194 e. The summed E-state index contributed by atoms with van der Waals surface area (Å²) >= 11 is 3.20. The fourth-order valence-electron chi connectivity index (χ4n) is 1.31. The molecule has 0 unspecified atom stereocenters. The third-order valence-corrected chi connectivity index (χ3v) is 3.82. The highest BCUT2D eigenvalue weighted by molar-refractivity contribution is 7.10. The summed E-state index contributed by atoms with van der Waals surface area (Å²) < 4.78 is 0. The minimum atomic E-state index is 0.146. The van der Waals surface area contributed by atoms with Gasteiger partial charge in [0, 0.05) is 26.8 Å². The average molecular weight is 222 g/mol. The molecule has 2 rings (SSSR count). The van der Waals surface area contributed by atoms with E-state index in [0.29, 0.717) is 0 Å². The molecule has 2 aromatic rings. The molecule has 0 radical (unpaired) electrons. The van der Waals surface area contributed by atoms with Crippen LogP contribution in [0.25, 0.3) is 0 Å². The molecule has 0 aliphatic carbocycles. The summed E-state index contributed by atoms with van der Waals surface area (Å²) in [6.07, 6.45) is 0. The molecule has 0 atom stereocenters. The zero-order chi connectivity index (χ0) is 10.1. The molecule has 72 valence electrons. The highest BCUT2D eigenvalue weighted by atomic mass is 32.1. The highest BCUT2D eigenvalue weighted by Gasteiger charge is 2.13. The molecule has 0 saturated heterocycles. The smallest absolute Gasteiger partial charge is 0.194 e. The maximum atomic E-state index is 12.0. The lowest BCUT2D eigenvalue weighted by Gasteiger charge is -1.95. The Morgan fingerprint density at radius 3 is 2.50 bits per heavy atom. The molecule has 0 fully saturated rings. The maximum absolute atomic E-state index is 12.0. The third-order valence-electron chi connectivity index (χ3n) is 2.09. The van der Waals surface area contributed by atoms with E-state index in [9.17, 15) is 4.79 Å². The van der Waals surface area contributed by atoms with E-state index in [-0.39, 0.29) is 5.78 Å². The van der Waals surface area contributed by atoms with Gasteiger partial charge in [0.25, 0.3) is 0 Å². The Bertz CT molecular complexity index is 465. The number of hydrogen-bond acceptors (Lipinski definition) is 3. The number of thiophene rings is 2. The van der Waals surface area contributed by atoms with Crippen molar-refractivity contribution in [1.29, 1.82) is 0 Å². The normalized spacial score (nSPS) is 10.4. The van der Waals surface area contributed by atoms with E-state index in [4.69, 9.17) is 0 Å². The van der Waals surface area contributed by atoms with Gasteiger partial charge in [-0.2, -0.15) is 11.3 Å². The predicted octanol–water partition coefficient (Wildman–Crippen LogP) is 3.66. The third kappa shape index (κ3) is 1.65. The Hall–Kier alpha value is -0.930. The van der Waals surface area contributed by atoms with E-state index >= 15 is 0 Å². The summed E-state index contributed by atoms with van der Waals surface area (Å²) in [7, 11) is 0. The number of ketones is 1. The molecule has 14 heavy (non-hydrogen) atoms. The van der Waals surface area contributed by atoms with Crippen molar-refractivity contribution >= 4 is 28.5 Å². The van der Waals surface area contributed by atoms with E-state index in [0.717, 1.165) is 16.7 Å². The standard InChI is InChI=1S/C11H10OS2/c1-7-4-13-6-10(7)11(12)9-3-8(2)14-5-9/h3-6H,1-2H3. The van der Waals surface area contributed by atoms with Gasteiger partial charge in [-0.1, -0.05) is 0 Å². The second-order valence-corrected chi connectivity index (χ2v) is 5.10. The quantitative estimate of drug-likeness (QED) is 0.709. The summed E-state index contributed by atoms with van der Waals surface area (Å²) in [4.78, 5) is 13.1. The summed E-state index contributed by atoms with van der Waals surface area (Å²) in [6, 6.07) is 1.95. The van der Waals surface area contributed by atoms with Crippen LogP contribution in [0.1, 0.15) is 26.4 Å². The highest BCUT2D eigenvalue weighted by Crippen LogP contribution is 2.21. The molecule has 1 nitrogen and oxygen atoms in total. The number of carbonyl (C=O) groups is 1. The van der Waals surface area contributed by atoms with Crippen molar-refractivity contribution in [3.8, 4) is 0 Å². The number of carbonyl (C=O) groups excluding carboxylic acids is 1. The fraction of sp³-hybridized carbons (Fsp3) is 0.182. The molecular weight excluding hydrogens is 212 g/mol. The van der Waals surface area contributed by atoms with Crippen LogP contribution in [0, 0.1) is 13.8 Å². The molecule has 0 N–H and O–H groups in total. The number of rotatable bonds is 2. The van der Waals surface area contributed by atoms with E-state index < -0.39 is 0 Å². The van der Waals surface area contributed by atoms with E-state index in [1.807, 2.05) is 36.1 Å². The molecule has 0 spiro atoms. The molecule has 0 bridgehead atoms. The van der Waals surface area contributed by atoms with Gasteiger partial charge in [-0.3, -0.25) is 4.79 Å².